The standard InChI is InChI=1S/C25H30N2O8/c1-25(2,3)35-24(32)27(15-21(28)33-16-18-10-6-4-7-11-18)14-20(22(29)30)26-23(31)34-17-19-12-8-5-9-13-19/h4-13,20H,14-17H2,1-3H3,(H,26,31)(H,29,30). The van der Waals surface area contributed by atoms with Crippen molar-refractivity contribution in [3.63, 3.8) is 0 Å². The number of carbonyl (C=O) groups excluding carboxylic acids is 3. The molecule has 0 aliphatic rings. The summed E-state index contributed by atoms with van der Waals surface area (Å²) in [6, 6.07) is 16.2. The van der Waals surface area contributed by atoms with Crippen LogP contribution in [0.15, 0.2) is 60.7 Å². The molecular weight excluding hydrogens is 456 g/mol. The Balaban J connectivity index is 2.03. The second-order valence-electron chi connectivity index (χ2n) is 8.60. The smallest absolute Gasteiger partial charge is 0.410 e. The van der Waals surface area contributed by atoms with Crippen molar-refractivity contribution in [2.45, 2.75) is 45.6 Å². The van der Waals surface area contributed by atoms with E-state index in [1.54, 1.807) is 75.4 Å². The molecule has 1 unspecified atom stereocenters. The number of benzene rings is 2. The Morgan fingerprint density at radius 3 is 1.89 bits per heavy atom. The molecule has 10 nitrogen and oxygen atoms in total. The fourth-order valence-electron chi connectivity index (χ4n) is 2.78. The van der Waals surface area contributed by atoms with Gasteiger partial charge in [-0.25, -0.2) is 14.4 Å². The van der Waals surface area contributed by atoms with Gasteiger partial charge in [0, 0.05) is 0 Å². The van der Waals surface area contributed by atoms with Crippen molar-refractivity contribution >= 4 is 24.1 Å². The molecule has 0 bridgehead atoms. The number of carbonyl (C=O) groups is 4. The minimum absolute atomic E-state index is 0.0196. The van der Waals surface area contributed by atoms with E-state index in [4.69, 9.17) is 14.2 Å². The zero-order valence-corrected chi connectivity index (χ0v) is 19.9. The number of ether oxygens (including phenoxy) is 3. The minimum atomic E-state index is -1.56. The van der Waals surface area contributed by atoms with Crippen LogP contribution in [0.4, 0.5) is 9.59 Å². The van der Waals surface area contributed by atoms with E-state index in [-0.39, 0.29) is 13.2 Å². The average molecular weight is 487 g/mol. The Morgan fingerprint density at radius 2 is 1.40 bits per heavy atom. The molecule has 35 heavy (non-hydrogen) atoms. The van der Waals surface area contributed by atoms with Gasteiger partial charge in [0.1, 0.15) is 31.4 Å². The number of rotatable bonds is 10. The van der Waals surface area contributed by atoms with Crippen LogP contribution in [0.2, 0.25) is 0 Å². The quantitative estimate of drug-likeness (QED) is 0.386. The van der Waals surface area contributed by atoms with Crippen LogP contribution < -0.4 is 5.32 Å². The van der Waals surface area contributed by atoms with E-state index in [1.807, 2.05) is 6.07 Å². The first-order chi connectivity index (χ1) is 16.5. The highest BCUT2D eigenvalue weighted by Gasteiger charge is 2.31. The van der Waals surface area contributed by atoms with Crippen LogP contribution in [0.5, 0.6) is 0 Å². The Hall–Kier alpha value is -4.08. The van der Waals surface area contributed by atoms with E-state index in [0.717, 1.165) is 10.5 Å². The van der Waals surface area contributed by atoms with E-state index in [9.17, 15) is 24.3 Å². The molecule has 2 aromatic carbocycles. The normalized spacial score (nSPS) is 11.6. The predicted octanol–water partition coefficient (Wildman–Crippen LogP) is 3.35. The van der Waals surface area contributed by atoms with Gasteiger partial charge in [-0.3, -0.25) is 9.69 Å². The predicted molar refractivity (Wildman–Crippen MR) is 125 cm³/mol. The van der Waals surface area contributed by atoms with Crippen molar-refractivity contribution in [1.82, 2.24) is 10.2 Å². The SMILES string of the molecule is CC(C)(C)OC(=O)N(CC(=O)OCc1ccccc1)CC(NC(=O)OCc1ccccc1)C(=O)O. The lowest BCUT2D eigenvalue weighted by Crippen LogP contribution is -2.52. The van der Waals surface area contributed by atoms with Gasteiger partial charge in [-0.1, -0.05) is 60.7 Å². The molecule has 0 spiro atoms. The molecule has 0 aliphatic heterocycles. The summed E-state index contributed by atoms with van der Waals surface area (Å²) < 4.78 is 15.6. The molecular formula is C25H30N2O8. The zero-order valence-electron chi connectivity index (χ0n) is 19.9. The van der Waals surface area contributed by atoms with E-state index < -0.39 is 48.9 Å². The molecule has 0 aromatic heterocycles. The molecule has 0 aliphatic carbocycles. The van der Waals surface area contributed by atoms with Crippen molar-refractivity contribution in [3.05, 3.63) is 71.8 Å². The fourth-order valence-corrected chi connectivity index (χ4v) is 2.78. The number of hydrogen-bond acceptors (Lipinski definition) is 7. The second kappa shape index (κ2) is 13.0. The third kappa shape index (κ3) is 10.6. The third-order valence-corrected chi connectivity index (χ3v) is 4.42. The van der Waals surface area contributed by atoms with Gasteiger partial charge in [-0.05, 0) is 31.9 Å². The summed E-state index contributed by atoms with van der Waals surface area (Å²) in [5.74, 6) is -2.19. The number of hydrogen-bond donors (Lipinski definition) is 2. The van der Waals surface area contributed by atoms with Crippen LogP contribution >= 0.6 is 0 Å². The van der Waals surface area contributed by atoms with Gasteiger partial charge in [0.2, 0.25) is 0 Å². The van der Waals surface area contributed by atoms with Crippen molar-refractivity contribution in [1.29, 1.82) is 0 Å². The number of nitrogens with zero attached hydrogens (tertiary/aromatic N) is 1. The first-order valence-electron chi connectivity index (χ1n) is 10.9. The molecule has 2 amide bonds. The van der Waals surface area contributed by atoms with Crippen LogP contribution in [0.1, 0.15) is 31.9 Å². The number of carboxylic acid groups (broad SMARTS) is 1. The van der Waals surface area contributed by atoms with E-state index >= 15 is 0 Å². The van der Waals surface area contributed by atoms with Crippen LogP contribution in [0, 0.1) is 0 Å². The first kappa shape index (κ1) is 27.2. The number of aliphatic carboxylic acids is 1. The van der Waals surface area contributed by atoms with Crippen molar-refractivity contribution in [2.24, 2.45) is 0 Å². The lowest BCUT2D eigenvalue weighted by atomic mass is 10.2. The molecule has 2 N–H and O–H groups in total. The molecule has 1 atom stereocenters. The largest absolute Gasteiger partial charge is 0.480 e. The van der Waals surface area contributed by atoms with Crippen molar-refractivity contribution < 1.29 is 38.5 Å². The highest BCUT2D eigenvalue weighted by molar-refractivity contribution is 5.82. The Kier molecular flexibility index (Phi) is 10.1. The van der Waals surface area contributed by atoms with Crippen LogP contribution in [0.3, 0.4) is 0 Å². The number of nitrogens with one attached hydrogen (secondary N) is 1. The Bertz CT molecular complexity index is 990. The first-order valence-corrected chi connectivity index (χ1v) is 10.9. The van der Waals surface area contributed by atoms with E-state index in [1.165, 1.54) is 0 Å². The lowest BCUT2D eigenvalue weighted by molar-refractivity contribution is -0.147. The summed E-state index contributed by atoms with van der Waals surface area (Å²) in [6.45, 7) is 3.67. The number of esters is 1. The molecule has 0 heterocycles. The van der Waals surface area contributed by atoms with Gasteiger partial charge in [0.15, 0.2) is 0 Å². The van der Waals surface area contributed by atoms with Gasteiger partial charge < -0.3 is 24.6 Å². The summed E-state index contributed by atoms with van der Waals surface area (Å²) in [4.78, 5) is 49.9. The van der Waals surface area contributed by atoms with Crippen LogP contribution in [0.25, 0.3) is 0 Å². The Labute approximate surface area is 203 Å². The van der Waals surface area contributed by atoms with E-state index in [2.05, 4.69) is 5.32 Å². The van der Waals surface area contributed by atoms with Crippen LogP contribution in [-0.4, -0.2) is 58.9 Å². The van der Waals surface area contributed by atoms with Gasteiger partial charge >= 0.3 is 24.1 Å². The maximum Gasteiger partial charge on any atom is 0.410 e. The van der Waals surface area contributed by atoms with Gasteiger partial charge in [0.25, 0.3) is 0 Å². The molecule has 10 heteroatoms. The monoisotopic (exact) mass is 486 g/mol. The molecule has 0 saturated heterocycles. The summed E-state index contributed by atoms with van der Waals surface area (Å²) in [6.07, 6.45) is -1.92. The topological polar surface area (TPSA) is 131 Å². The molecule has 0 radical (unpaired) electrons. The highest BCUT2D eigenvalue weighted by atomic mass is 16.6. The maximum atomic E-state index is 12.7. The van der Waals surface area contributed by atoms with Gasteiger partial charge in [-0.15, -0.1) is 0 Å². The average Bonchev–Trinajstić information content (AvgIpc) is 2.80. The van der Waals surface area contributed by atoms with Crippen LogP contribution in [-0.2, 0) is 37.0 Å². The van der Waals surface area contributed by atoms with Gasteiger partial charge in [-0.2, -0.15) is 0 Å². The zero-order chi connectivity index (χ0) is 25.8. The number of alkyl carbamates (subject to hydrolysis) is 1. The van der Waals surface area contributed by atoms with Gasteiger partial charge in [0.05, 0.1) is 6.54 Å². The summed E-state index contributed by atoms with van der Waals surface area (Å²) in [5.41, 5.74) is 0.561. The van der Waals surface area contributed by atoms with Crippen molar-refractivity contribution in [2.75, 3.05) is 13.1 Å². The summed E-state index contributed by atoms with van der Waals surface area (Å²) >= 11 is 0. The molecule has 0 fully saturated rings. The third-order valence-electron chi connectivity index (χ3n) is 4.42. The second-order valence-corrected chi connectivity index (χ2v) is 8.60. The lowest BCUT2D eigenvalue weighted by Gasteiger charge is -2.28. The Morgan fingerprint density at radius 1 is 0.886 bits per heavy atom. The number of carboxylic acids is 1. The minimum Gasteiger partial charge on any atom is -0.480 e. The number of amides is 2. The fraction of sp³-hybridized carbons (Fsp3) is 0.360. The molecule has 2 rings (SSSR count). The molecule has 0 saturated carbocycles. The maximum absolute atomic E-state index is 12.7. The van der Waals surface area contributed by atoms with Crippen molar-refractivity contribution in [3.8, 4) is 0 Å². The summed E-state index contributed by atoms with van der Waals surface area (Å²) in [5, 5.41) is 11.8. The molecule has 2 aromatic rings. The summed E-state index contributed by atoms with van der Waals surface area (Å²) in [7, 11) is 0. The highest BCUT2D eigenvalue weighted by Crippen LogP contribution is 2.11. The van der Waals surface area contributed by atoms with E-state index in [0.29, 0.717) is 5.56 Å². The molecule has 188 valence electrons.